The molecule has 3 saturated carbocycles. The molecule has 0 aromatic carbocycles. The third-order valence-corrected chi connectivity index (χ3v) is 8.38. The van der Waals surface area contributed by atoms with E-state index in [-0.39, 0.29) is 49.2 Å². The SMILES string of the molecule is O=C(CCC(F)(F)F)N[C@@H](c1ccn2cc([C@@H](NC(=O)c3conc3C3CC3)C3CCC(F)(F)CC3)nc2n1)C1CC1. The summed E-state index contributed by atoms with van der Waals surface area (Å²) in [6.45, 7) is 0. The number of nitrogens with one attached hydrogen (secondary N) is 2. The minimum atomic E-state index is -4.43. The van der Waals surface area contributed by atoms with Gasteiger partial charge in [-0.05, 0) is 56.4 Å². The Morgan fingerprint density at radius 3 is 2.33 bits per heavy atom. The predicted octanol–water partition coefficient (Wildman–Crippen LogP) is 5.80. The maximum absolute atomic E-state index is 14.0. The van der Waals surface area contributed by atoms with E-state index in [0.29, 0.717) is 22.6 Å². The van der Waals surface area contributed by atoms with Crippen LogP contribution in [-0.4, -0.2) is 43.4 Å². The second-order valence-electron chi connectivity index (χ2n) is 11.8. The van der Waals surface area contributed by atoms with Crippen molar-refractivity contribution in [3.8, 4) is 0 Å². The van der Waals surface area contributed by atoms with Gasteiger partial charge in [0, 0.05) is 37.6 Å². The Hall–Kier alpha value is -3.58. The highest BCUT2D eigenvalue weighted by atomic mass is 19.4. The molecule has 3 fully saturated rings. The van der Waals surface area contributed by atoms with Crippen LogP contribution >= 0.6 is 0 Å². The van der Waals surface area contributed by atoms with Crippen molar-refractivity contribution in [1.29, 1.82) is 0 Å². The first-order valence-electron chi connectivity index (χ1n) is 14.3. The molecule has 2 amide bonds. The van der Waals surface area contributed by atoms with Crippen LogP contribution in [0, 0.1) is 11.8 Å². The number of hydrogen-bond acceptors (Lipinski definition) is 6. The van der Waals surface area contributed by atoms with Gasteiger partial charge in [0.15, 0.2) is 0 Å². The molecule has 0 radical (unpaired) electrons. The standard InChI is InChI=1S/C28H31F5N6O3/c29-27(30)9-5-17(6-10-27)24(37-25(41)18-14-42-38-22(18)15-1-2-15)20-13-39-12-8-19(34-26(39)35-20)23(16-3-4-16)36-21(40)7-11-28(31,32)33/h8,12-17,23-24H,1-7,9-11H2,(H,36,40)(H,37,41)/t23-,24+/m1/s1. The number of nitrogens with zero attached hydrogens (tertiary/aromatic N) is 4. The second kappa shape index (κ2) is 10.9. The van der Waals surface area contributed by atoms with Crippen LogP contribution in [-0.2, 0) is 4.79 Å². The maximum atomic E-state index is 14.0. The molecule has 9 nitrogen and oxygen atoms in total. The van der Waals surface area contributed by atoms with Crippen LogP contribution in [0.3, 0.4) is 0 Å². The Balaban J connectivity index is 1.25. The molecule has 2 atom stereocenters. The van der Waals surface area contributed by atoms with E-state index in [1.807, 2.05) is 0 Å². The molecule has 0 bridgehead atoms. The van der Waals surface area contributed by atoms with Gasteiger partial charge in [0.2, 0.25) is 17.6 Å². The number of carbonyl (C=O) groups excluding carboxylic acids is 2. The third kappa shape index (κ3) is 6.57. The van der Waals surface area contributed by atoms with E-state index in [9.17, 15) is 31.5 Å². The van der Waals surface area contributed by atoms with E-state index in [1.165, 1.54) is 6.26 Å². The van der Waals surface area contributed by atoms with Gasteiger partial charge in [-0.1, -0.05) is 5.16 Å². The van der Waals surface area contributed by atoms with Gasteiger partial charge >= 0.3 is 6.18 Å². The quantitative estimate of drug-likeness (QED) is 0.287. The molecule has 0 aliphatic heterocycles. The van der Waals surface area contributed by atoms with Gasteiger partial charge in [-0.3, -0.25) is 14.0 Å². The van der Waals surface area contributed by atoms with Crippen molar-refractivity contribution in [2.75, 3.05) is 0 Å². The molecule has 0 saturated heterocycles. The number of fused-ring (bicyclic) bond motifs is 1. The largest absolute Gasteiger partial charge is 0.389 e. The molecule has 42 heavy (non-hydrogen) atoms. The van der Waals surface area contributed by atoms with Crippen molar-refractivity contribution in [3.63, 3.8) is 0 Å². The molecule has 6 rings (SSSR count). The highest BCUT2D eigenvalue weighted by molar-refractivity contribution is 5.95. The molecule has 3 aliphatic carbocycles. The first kappa shape index (κ1) is 28.5. The van der Waals surface area contributed by atoms with Crippen LogP contribution in [0.1, 0.15) is 110 Å². The Labute approximate surface area is 237 Å². The summed E-state index contributed by atoms with van der Waals surface area (Å²) >= 11 is 0. The summed E-state index contributed by atoms with van der Waals surface area (Å²) in [5.41, 5.74) is 1.83. The zero-order chi connectivity index (χ0) is 29.6. The number of carbonyl (C=O) groups is 2. The predicted molar refractivity (Wildman–Crippen MR) is 137 cm³/mol. The van der Waals surface area contributed by atoms with E-state index < -0.39 is 48.8 Å². The number of imidazole rings is 1. The lowest BCUT2D eigenvalue weighted by atomic mass is 9.81. The van der Waals surface area contributed by atoms with E-state index in [0.717, 1.165) is 25.7 Å². The minimum absolute atomic E-state index is 0.0596. The van der Waals surface area contributed by atoms with E-state index in [1.54, 1.807) is 22.9 Å². The zero-order valence-corrected chi connectivity index (χ0v) is 22.7. The topological polar surface area (TPSA) is 114 Å². The summed E-state index contributed by atoms with van der Waals surface area (Å²) in [5, 5.41) is 9.68. The number of amides is 2. The zero-order valence-electron chi connectivity index (χ0n) is 22.7. The van der Waals surface area contributed by atoms with Gasteiger partial charge in [-0.2, -0.15) is 13.2 Å². The van der Waals surface area contributed by atoms with Crippen LogP contribution in [0.5, 0.6) is 0 Å². The van der Waals surface area contributed by atoms with E-state index in [4.69, 9.17) is 4.52 Å². The van der Waals surface area contributed by atoms with Crippen LogP contribution < -0.4 is 10.6 Å². The number of alkyl halides is 5. The first-order chi connectivity index (χ1) is 20.0. The Kier molecular flexibility index (Phi) is 7.42. The van der Waals surface area contributed by atoms with Crippen molar-refractivity contribution in [1.82, 2.24) is 30.2 Å². The van der Waals surface area contributed by atoms with Crippen molar-refractivity contribution in [2.24, 2.45) is 11.8 Å². The van der Waals surface area contributed by atoms with Gasteiger partial charge < -0.3 is 15.2 Å². The molecule has 0 spiro atoms. The van der Waals surface area contributed by atoms with Gasteiger partial charge in [-0.25, -0.2) is 18.7 Å². The van der Waals surface area contributed by atoms with Crippen LogP contribution in [0.15, 0.2) is 29.2 Å². The normalized spacial score (nSPS) is 20.8. The fourth-order valence-electron chi connectivity index (χ4n) is 5.71. The molecule has 3 aliphatic rings. The van der Waals surface area contributed by atoms with Crippen molar-refractivity contribution < 1.29 is 36.1 Å². The lowest BCUT2D eigenvalue weighted by Gasteiger charge is -2.33. The summed E-state index contributed by atoms with van der Waals surface area (Å²) in [4.78, 5) is 34.9. The third-order valence-electron chi connectivity index (χ3n) is 8.38. The Morgan fingerprint density at radius 1 is 1.00 bits per heavy atom. The first-order valence-corrected chi connectivity index (χ1v) is 14.3. The second-order valence-corrected chi connectivity index (χ2v) is 11.8. The minimum Gasteiger partial charge on any atom is -0.364 e. The highest BCUT2D eigenvalue weighted by Crippen LogP contribution is 2.44. The average Bonchev–Trinajstić information content (AvgIpc) is 3.87. The molecule has 3 aromatic rings. The van der Waals surface area contributed by atoms with Gasteiger partial charge in [0.05, 0.1) is 35.6 Å². The van der Waals surface area contributed by atoms with E-state index >= 15 is 0 Å². The number of hydrogen-bond donors (Lipinski definition) is 2. The molecular formula is C28H31F5N6O3. The molecule has 226 valence electrons. The smallest absolute Gasteiger partial charge is 0.364 e. The highest BCUT2D eigenvalue weighted by Gasteiger charge is 2.41. The van der Waals surface area contributed by atoms with Crippen LogP contribution in [0.4, 0.5) is 22.0 Å². The van der Waals surface area contributed by atoms with Crippen molar-refractivity contribution >= 4 is 17.6 Å². The monoisotopic (exact) mass is 594 g/mol. The maximum Gasteiger partial charge on any atom is 0.389 e. The number of aromatic nitrogens is 4. The summed E-state index contributed by atoms with van der Waals surface area (Å²) in [6, 6.07) is 0.447. The van der Waals surface area contributed by atoms with Crippen molar-refractivity contribution in [2.45, 2.75) is 94.3 Å². The summed E-state index contributed by atoms with van der Waals surface area (Å²) in [6.07, 6.45) is 1.62. The number of halogens is 5. The summed E-state index contributed by atoms with van der Waals surface area (Å²) in [7, 11) is 0. The van der Waals surface area contributed by atoms with Gasteiger partial charge in [-0.15, -0.1) is 0 Å². The fourth-order valence-corrected chi connectivity index (χ4v) is 5.71. The van der Waals surface area contributed by atoms with Gasteiger partial charge in [0.25, 0.3) is 5.91 Å². The molecule has 14 heteroatoms. The Morgan fingerprint density at radius 2 is 1.67 bits per heavy atom. The average molecular weight is 595 g/mol. The summed E-state index contributed by atoms with van der Waals surface area (Å²) in [5.74, 6) is -3.67. The van der Waals surface area contributed by atoms with Crippen molar-refractivity contribution in [3.05, 3.63) is 47.4 Å². The number of rotatable bonds is 10. The van der Waals surface area contributed by atoms with Crippen LogP contribution in [0.2, 0.25) is 0 Å². The van der Waals surface area contributed by atoms with Crippen LogP contribution in [0.25, 0.3) is 5.78 Å². The molecule has 3 aromatic heterocycles. The Bertz CT molecular complexity index is 1450. The van der Waals surface area contributed by atoms with Gasteiger partial charge in [0.1, 0.15) is 11.8 Å². The molecular weight excluding hydrogens is 563 g/mol. The summed E-state index contributed by atoms with van der Waals surface area (Å²) < 4.78 is 72.5. The molecule has 2 N–H and O–H groups in total. The molecule has 3 heterocycles. The lowest BCUT2D eigenvalue weighted by Crippen LogP contribution is -2.37. The fraction of sp³-hybridized carbons (Fsp3) is 0.607. The van der Waals surface area contributed by atoms with E-state index in [2.05, 4.69) is 25.8 Å². The lowest BCUT2D eigenvalue weighted by molar-refractivity contribution is -0.144. The molecule has 0 unspecified atom stereocenters.